The average Bonchev–Trinajstić information content (AvgIpc) is 2.79. The molecule has 1 nitrogen and oxygen atoms in total. The molecule has 0 saturated carbocycles. The van der Waals surface area contributed by atoms with E-state index in [9.17, 15) is 0 Å². The first-order valence-corrected chi connectivity index (χ1v) is 8.23. The van der Waals surface area contributed by atoms with Crippen LogP contribution in [0.1, 0.15) is 35.9 Å². The molecule has 1 heterocycles. The maximum Gasteiger partial charge on any atom is 0.0701 e. The molecule has 1 aromatic carbocycles. The average molecular weight is 338 g/mol. The lowest BCUT2D eigenvalue weighted by molar-refractivity contribution is 0.481. The van der Waals surface area contributed by atoms with Gasteiger partial charge >= 0.3 is 0 Å². The van der Waals surface area contributed by atoms with Crippen molar-refractivity contribution in [2.24, 2.45) is 0 Å². The third-order valence-electron chi connectivity index (χ3n) is 3.34. The Kier molecular flexibility index (Phi) is 5.20. The number of benzene rings is 1. The first-order valence-electron chi connectivity index (χ1n) is 6.62. The fourth-order valence-corrected chi connectivity index (χ4v) is 3.73. The Bertz CT molecular complexity index is 535. The van der Waals surface area contributed by atoms with Crippen LogP contribution in [0, 0.1) is 6.92 Å². The zero-order valence-corrected chi connectivity index (χ0v) is 14.0. The second kappa shape index (κ2) is 6.69. The first kappa shape index (κ1) is 14.8. The Morgan fingerprint density at radius 2 is 1.89 bits per heavy atom. The van der Waals surface area contributed by atoms with Crippen LogP contribution in [-0.4, -0.2) is 6.04 Å². The maximum absolute atomic E-state index is 3.67. The highest BCUT2D eigenvalue weighted by Gasteiger charge is 2.12. The molecule has 0 radical (unpaired) electrons. The number of halogens is 1. The van der Waals surface area contributed by atoms with E-state index in [-0.39, 0.29) is 0 Å². The molecule has 0 aliphatic carbocycles. The number of nitrogens with one attached hydrogen (secondary N) is 1. The van der Waals surface area contributed by atoms with E-state index in [1.807, 2.05) is 0 Å². The van der Waals surface area contributed by atoms with Gasteiger partial charge in [0.05, 0.1) is 3.79 Å². The standard InChI is InChI=1S/C16H20BrNS/c1-11-6-4-5-7-14(11)10-12(2)18-13(3)15-8-9-16(17)19-15/h4-9,12-13,18H,10H2,1-3H3. The van der Waals surface area contributed by atoms with Crippen molar-refractivity contribution in [1.82, 2.24) is 5.32 Å². The summed E-state index contributed by atoms with van der Waals surface area (Å²) >= 11 is 5.32. The van der Waals surface area contributed by atoms with E-state index in [0.717, 1.165) is 6.42 Å². The molecule has 0 fully saturated rings. The van der Waals surface area contributed by atoms with Crippen molar-refractivity contribution in [2.45, 2.75) is 39.3 Å². The van der Waals surface area contributed by atoms with Gasteiger partial charge in [0.1, 0.15) is 0 Å². The maximum atomic E-state index is 3.67. The third-order valence-corrected chi connectivity index (χ3v) is 5.15. The second-order valence-electron chi connectivity index (χ2n) is 5.06. The number of hydrogen-bond donors (Lipinski definition) is 1. The van der Waals surface area contributed by atoms with E-state index < -0.39 is 0 Å². The highest BCUT2D eigenvalue weighted by atomic mass is 79.9. The van der Waals surface area contributed by atoms with Crippen LogP contribution < -0.4 is 5.32 Å². The monoisotopic (exact) mass is 337 g/mol. The third kappa shape index (κ3) is 4.16. The largest absolute Gasteiger partial charge is 0.307 e. The normalized spacial score (nSPS) is 14.3. The fraction of sp³-hybridized carbons (Fsp3) is 0.375. The lowest BCUT2D eigenvalue weighted by Crippen LogP contribution is -2.30. The van der Waals surface area contributed by atoms with Gasteiger partial charge in [-0.2, -0.15) is 0 Å². The summed E-state index contributed by atoms with van der Waals surface area (Å²) in [6.45, 7) is 6.67. The molecule has 1 N–H and O–H groups in total. The van der Waals surface area contributed by atoms with Crippen molar-refractivity contribution < 1.29 is 0 Å². The minimum absolute atomic E-state index is 0.398. The van der Waals surface area contributed by atoms with Crippen LogP contribution in [-0.2, 0) is 6.42 Å². The van der Waals surface area contributed by atoms with Crippen molar-refractivity contribution in [1.29, 1.82) is 0 Å². The second-order valence-corrected chi connectivity index (χ2v) is 7.56. The van der Waals surface area contributed by atoms with Gasteiger partial charge in [0, 0.05) is 17.0 Å². The van der Waals surface area contributed by atoms with Gasteiger partial charge in [0.25, 0.3) is 0 Å². The fourth-order valence-electron chi connectivity index (χ4n) is 2.30. The van der Waals surface area contributed by atoms with Crippen molar-refractivity contribution in [3.63, 3.8) is 0 Å². The van der Waals surface area contributed by atoms with Gasteiger partial charge in [0.15, 0.2) is 0 Å². The quantitative estimate of drug-likeness (QED) is 0.800. The Balaban J connectivity index is 1.94. The van der Waals surface area contributed by atoms with Crippen LogP contribution >= 0.6 is 27.3 Å². The summed E-state index contributed by atoms with van der Waals surface area (Å²) in [6.07, 6.45) is 1.07. The molecule has 0 saturated heterocycles. The molecule has 2 rings (SSSR count). The molecule has 19 heavy (non-hydrogen) atoms. The van der Waals surface area contributed by atoms with Gasteiger partial charge in [0.2, 0.25) is 0 Å². The molecular weight excluding hydrogens is 318 g/mol. The number of hydrogen-bond acceptors (Lipinski definition) is 2. The van der Waals surface area contributed by atoms with Gasteiger partial charge in [-0.25, -0.2) is 0 Å². The van der Waals surface area contributed by atoms with Gasteiger partial charge < -0.3 is 5.32 Å². The van der Waals surface area contributed by atoms with Crippen LogP contribution in [0.3, 0.4) is 0 Å². The number of rotatable bonds is 5. The van der Waals surface area contributed by atoms with Gasteiger partial charge in [-0.15, -0.1) is 11.3 Å². The Labute approximate surface area is 128 Å². The molecule has 0 aliphatic heterocycles. The zero-order valence-electron chi connectivity index (χ0n) is 11.6. The molecule has 0 amide bonds. The Morgan fingerprint density at radius 3 is 2.53 bits per heavy atom. The van der Waals surface area contributed by atoms with E-state index in [0.29, 0.717) is 12.1 Å². The summed E-state index contributed by atoms with van der Waals surface area (Å²) < 4.78 is 1.20. The SMILES string of the molecule is Cc1ccccc1CC(C)NC(C)c1ccc(Br)s1. The highest BCUT2D eigenvalue weighted by molar-refractivity contribution is 9.11. The minimum atomic E-state index is 0.398. The van der Waals surface area contributed by atoms with E-state index in [4.69, 9.17) is 0 Å². The van der Waals surface area contributed by atoms with Crippen LogP contribution in [0.5, 0.6) is 0 Å². The van der Waals surface area contributed by atoms with E-state index in [1.54, 1.807) is 11.3 Å². The molecule has 1 aromatic heterocycles. The summed E-state index contributed by atoms with van der Waals surface area (Å²) in [6, 6.07) is 13.8. The van der Waals surface area contributed by atoms with Gasteiger partial charge in [-0.1, -0.05) is 24.3 Å². The molecule has 0 spiro atoms. The predicted molar refractivity (Wildman–Crippen MR) is 87.9 cm³/mol. The molecule has 2 unspecified atom stereocenters. The Morgan fingerprint density at radius 1 is 1.16 bits per heavy atom. The zero-order chi connectivity index (χ0) is 13.8. The Hall–Kier alpha value is -0.640. The number of thiophene rings is 1. The van der Waals surface area contributed by atoms with Gasteiger partial charge in [-0.3, -0.25) is 0 Å². The van der Waals surface area contributed by atoms with Crippen molar-refractivity contribution in [3.05, 3.63) is 56.2 Å². The molecular formula is C16H20BrNS. The topological polar surface area (TPSA) is 12.0 Å². The molecule has 0 aliphatic rings. The van der Waals surface area contributed by atoms with Crippen LogP contribution in [0.15, 0.2) is 40.2 Å². The summed E-state index contributed by atoms with van der Waals surface area (Å²) in [5.74, 6) is 0. The van der Waals surface area contributed by atoms with Crippen LogP contribution in [0.4, 0.5) is 0 Å². The molecule has 3 heteroatoms. The van der Waals surface area contributed by atoms with E-state index in [1.165, 1.54) is 19.8 Å². The minimum Gasteiger partial charge on any atom is -0.307 e. The summed E-state index contributed by atoms with van der Waals surface area (Å²) in [4.78, 5) is 1.38. The summed E-state index contributed by atoms with van der Waals surface area (Å²) in [7, 11) is 0. The van der Waals surface area contributed by atoms with E-state index in [2.05, 4.69) is 78.4 Å². The van der Waals surface area contributed by atoms with Crippen LogP contribution in [0.25, 0.3) is 0 Å². The van der Waals surface area contributed by atoms with Crippen molar-refractivity contribution in [3.8, 4) is 0 Å². The summed E-state index contributed by atoms with van der Waals surface area (Å²) in [5, 5.41) is 3.67. The van der Waals surface area contributed by atoms with Crippen LogP contribution in [0.2, 0.25) is 0 Å². The number of aryl methyl sites for hydroxylation is 1. The smallest absolute Gasteiger partial charge is 0.0701 e. The lowest BCUT2D eigenvalue weighted by atomic mass is 10.0. The van der Waals surface area contributed by atoms with E-state index >= 15 is 0 Å². The van der Waals surface area contributed by atoms with Crippen molar-refractivity contribution in [2.75, 3.05) is 0 Å². The molecule has 0 bridgehead atoms. The molecule has 2 atom stereocenters. The highest BCUT2D eigenvalue weighted by Crippen LogP contribution is 2.27. The molecule has 102 valence electrons. The molecule has 2 aromatic rings. The summed E-state index contributed by atoms with van der Waals surface area (Å²) in [5.41, 5.74) is 2.81. The first-order chi connectivity index (χ1) is 9.06. The predicted octanol–water partition coefficient (Wildman–Crippen LogP) is 5.10. The lowest BCUT2D eigenvalue weighted by Gasteiger charge is -2.20. The van der Waals surface area contributed by atoms with Gasteiger partial charge in [-0.05, 0) is 66.4 Å². The van der Waals surface area contributed by atoms with Crippen molar-refractivity contribution >= 4 is 27.3 Å².